The van der Waals surface area contributed by atoms with E-state index in [9.17, 15) is 19.2 Å². The fourth-order valence-electron chi connectivity index (χ4n) is 1.45. The Labute approximate surface area is 132 Å². The van der Waals surface area contributed by atoms with Crippen molar-refractivity contribution in [2.75, 3.05) is 13.2 Å². The lowest BCUT2D eigenvalue weighted by Gasteiger charge is -2.09. The molecule has 1 aromatic rings. The van der Waals surface area contributed by atoms with E-state index in [2.05, 4.69) is 15.4 Å². The Kier molecular flexibility index (Phi) is 7.31. The van der Waals surface area contributed by atoms with Gasteiger partial charge < -0.3 is 19.8 Å². The van der Waals surface area contributed by atoms with Gasteiger partial charge in [-0.3, -0.25) is 19.7 Å². The molecule has 0 atom stereocenters. The minimum absolute atomic E-state index is 0.0355. The monoisotopic (exact) mass is 325 g/mol. The molecule has 1 rings (SSSR count). The molecule has 0 radical (unpaired) electrons. The molecule has 0 bridgehead atoms. The van der Waals surface area contributed by atoms with Crippen LogP contribution in [0.5, 0.6) is 0 Å². The maximum Gasteiger partial charge on any atom is 0.321 e. The Morgan fingerprint density at radius 3 is 2.61 bits per heavy atom. The van der Waals surface area contributed by atoms with E-state index < -0.39 is 30.4 Å². The summed E-state index contributed by atoms with van der Waals surface area (Å²) in [5.41, 5.74) is 0. The molecule has 0 saturated carbocycles. The minimum atomic E-state index is -0.740. The van der Waals surface area contributed by atoms with Crippen LogP contribution in [0.3, 0.4) is 0 Å². The van der Waals surface area contributed by atoms with Crippen LogP contribution in [-0.2, 0) is 14.3 Å². The topological polar surface area (TPSA) is 127 Å². The maximum atomic E-state index is 11.5. The van der Waals surface area contributed by atoms with Crippen LogP contribution >= 0.6 is 0 Å². The fraction of sp³-hybridized carbons (Fsp3) is 0.429. The van der Waals surface area contributed by atoms with Gasteiger partial charge in [-0.25, -0.2) is 4.79 Å². The minimum Gasteiger partial charge on any atom is -0.459 e. The van der Waals surface area contributed by atoms with Crippen LogP contribution in [0.2, 0.25) is 0 Å². The van der Waals surface area contributed by atoms with Crippen molar-refractivity contribution in [3.63, 3.8) is 0 Å². The van der Waals surface area contributed by atoms with Crippen LogP contribution in [0.15, 0.2) is 22.8 Å². The third kappa shape index (κ3) is 7.65. The van der Waals surface area contributed by atoms with Crippen molar-refractivity contribution in [1.82, 2.24) is 16.0 Å². The molecule has 0 aromatic carbocycles. The second-order valence-electron chi connectivity index (χ2n) is 4.82. The van der Waals surface area contributed by atoms with E-state index in [1.54, 1.807) is 19.9 Å². The van der Waals surface area contributed by atoms with E-state index >= 15 is 0 Å². The summed E-state index contributed by atoms with van der Waals surface area (Å²) in [6.07, 6.45) is 1.25. The molecule has 0 aliphatic carbocycles. The molecule has 9 heteroatoms. The van der Waals surface area contributed by atoms with Crippen LogP contribution in [0.4, 0.5) is 4.79 Å². The number of carbonyl (C=O) groups excluding carboxylic acids is 4. The highest BCUT2D eigenvalue weighted by molar-refractivity contribution is 5.95. The van der Waals surface area contributed by atoms with Gasteiger partial charge in [0, 0.05) is 12.6 Å². The number of furan rings is 1. The van der Waals surface area contributed by atoms with Gasteiger partial charge in [-0.15, -0.1) is 0 Å². The van der Waals surface area contributed by atoms with E-state index in [0.717, 1.165) is 0 Å². The first-order chi connectivity index (χ1) is 10.9. The summed E-state index contributed by atoms with van der Waals surface area (Å²) in [5, 5.41) is 6.92. The van der Waals surface area contributed by atoms with Crippen molar-refractivity contribution in [2.45, 2.75) is 26.3 Å². The number of urea groups is 1. The Bertz CT molecular complexity index is 553. The van der Waals surface area contributed by atoms with Crippen molar-refractivity contribution < 1.29 is 28.3 Å². The zero-order valence-corrected chi connectivity index (χ0v) is 12.9. The molecule has 0 fully saturated rings. The van der Waals surface area contributed by atoms with Gasteiger partial charge in [-0.05, 0) is 26.0 Å². The average molecular weight is 325 g/mol. The molecular formula is C14H19N3O6. The predicted octanol–water partition coefficient (Wildman–Crippen LogP) is 0.177. The third-order valence-corrected chi connectivity index (χ3v) is 2.40. The summed E-state index contributed by atoms with van der Waals surface area (Å²) in [6.45, 7) is 2.94. The first kappa shape index (κ1) is 18.2. The molecule has 0 unspecified atom stereocenters. The van der Waals surface area contributed by atoms with Gasteiger partial charge in [0.25, 0.3) is 11.8 Å². The first-order valence-corrected chi connectivity index (χ1v) is 6.96. The molecule has 4 amide bonds. The van der Waals surface area contributed by atoms with Gasteiger partial charge in [0.15, 0.2) is 12.4 Å². The lowest BCUT2D eigenvalue weighted by Crippen LogP contribution is -2.44. The van der Waals surface area contributed by atoms with Crippen molar-refractivity contribution in [1.29, 1.82) is 0 Å². The molecule has 1 heterocycles. The Balaban J connectivity index is 2.15. The van der Waals surface area contributed by atoms with E-state index in [1.165, 1.54) is 12.3 Å². The lowest BCUT2D eigenvalue weighted by atomic mass is 10.4. The van der Waals surface area contributed by atoms with E-state index in [4.69, 9.17) is 4.42 Å². The molecule has 126 valence electrons. The van der Waals surface area contributed by atoms with Crippen molar-refractivity contribution in [3.8, 4) is 0 Å². The average Bonchev–Trinajstić information content (AvgIpc) is 2.98. The Hall–Kier alpha value is -2.84. The summed E-state index contributed by atoms with van der Waals surface area (Å²) in [7, 11) is 0. The highest BCUT2D eigenvalue weighted by Crippen LogP contribution is 1.99. The van der Waals surface area contributed by atoms with Crippen molar-refractivity contribution in [2.24, 2.45) is 0 Å². The number of rotatable bonds is 7. The van der Waals surface area contributed by atoms with Gasteiger partial charge >= 0.3 is 12.0 Å². The normalized spacial score (nSPS) is 10.0. The zero-order valence-electron chi connectivity index (χ0n) is 12.9. The fourth-order valence-corrected chi connectivity index (χ4v) is 1.45. The van der Waals surface area contributed by atoms with E-state index in [-0.39, 0.29) is 24.8 Å². The van der Waals surface area contributed by atoms with Crippen LogP contribution in [-0.4, -0.2) is 43.0 Å². The maximum absolute atomic E-state index is 11.5. The number of amides is 4. The van der Waals surface area contributed by atoms with Crippen LogP contribution < -0.4 is 16.0 Å². The van der Waals surface area contributed by atoms with Crippen molar-refractivity contribution >= 4 is 23.8 Å². The summed E-state index contributed by atoms with van der Waals surface area (Å²) in [4.78, 5) is 45.5. The molecule has 23 heavy (non-hydrogen) atoms. The molecule has 3 N–H and O–H groups in total. The Morgan fingerprint density at radius 1 is 1.26 bits per heavy atom. The SMILES string of the molecule is CC(C)NC(=O)NC(=O)COC(=O)CCNC(=O)c1ccco1. The third-order valence-electron chi connectivity index (χ3n) is 2.40. The summed E-state index contributed by atoms with van der Waals surface area (Å²) >= 11 is 0. The highest BCUT2D eigenvalue weighted by atomic mass is 16.5. The molecule has 9 nitrogen and oxygen atoms in total. The number of hydrogen-bond donors (Lipinski definition) is 3. The number of carbonyl (C=O) groups is 4. The molecule has 0 aliphatic rings. The van der Waals surface area contributed by atoms with Crippen LogP contribution in [0.1, 0.15) is 30.8 Å². The molecule has 0 spiro atoms. The number of ether oxygens (including phenoxy) is 1. The highest BCUT2D eigenvalue weighted by Gasteiger charge is 2.12. The largest absolute Gasteiger partial charge is 0.459 e. The van der Waals surface area contributed by atoms with Gasteiger partial charge in [0.2, 0.25) is 0 Å². The standard InChI is InChI=1S/C14H19N3O6/c1-9(2)16-14(21)17-11(18)8-23-12(19)5-6-15-13(20)10-4-3-7-22-10/h3-4,7,9H,5-6,8H2,1-2H3,(H,15,20)(H2,16,17,18,21). The summed E-state index contributed by atoms with van der Waals surface area (Å²) < 4.78 is 9.55. The smallest absolute Gasteiger partial charge is 0.321 e. The number of esters is 1. The van der Waals surface area contributed by atoms with Gasteiger partial charge in [0.05, 0.1) is 12.7 Å². The quantitative estimate of drug-likeness (QED) is 0.614. The number of nitrogens with one attached hydrogen (secondary N) is 3. The second kappa shape index (κ2) is 9.23. The number of hydrogen-bond acceptors (Lipinski definition) is 6. The van der Waals surface area contributed by atoms with Crippen LogP contribution in [0.25, 0.3) is 0 Å². The second-order valence-corrected chi connectivity index (χ2v) is 4.82. The lowest BCUT2D eigenvalue weighted by molar-refractivity contribution is -0.148. The van der Waals surface area contributed by atoms with E-state index in [1.807, 2.05) is 5.32 Å². The predicted molar refractivity (Wildman–Crippen MR) is 78.4 cm³/mol. The molecular weight excluding hydrogens is 306 g/mol. The summed E-state index contributed by atoms with van der Waals surface area (Å²) in [6, 6.07) is 2.27. The molecule has 0 saturated heterocycles. The van der Waals surface area contributed by atoms with Crippen LogP contribution in [0, 0.1) is 0 Å². The summed E-state index contributed by atoms with van der Waals surface area (Å²) in [5.74, 6) is -1.74. The van der Waals surface area contributed by atoms with E-state index in [0.29, 0.717) is 0 Å². The molecule has 1 aromatic heterocycles. The van der Waals surface area contributed by atoms with Crippen molar-refractivity contribution in [3.05, 3.63) is 24.2 Å². The van der Waals surface area contributed by atoms with Gasteiger partial charge in [0.1, 0.15) is 0 Å². The Morgan fingerprint density at radius 2 is 2.00 bits per heavy atom. The van der Waals surface area contributed by atoms with Gasteiger partial charge in [-0.1, -0.05) is 0 Å². The van der Waals surface area contributed by atoms with Gasteiger partial charge in [-0.2, -0.15) is 0 Å². The molecule has 0 aliphatic heterocycles. The number of imide groups is 1. The first-order valence-electron chi connectivity index (χ1n) is 6.96. The zero-order chi connectivity index (χ0) is 17.2.